The third-order valence-corrected chi connectivity index (χ3v) is 4.13. The number of ether oxygens (including phenoxy) is 1. The number of nitrogens with zero attached hydrogens (tertiary/aromatic N) is 2. The predicted octanol–water partition coefficient (Wildman–Crippen LogP) is 5.52. The van der Waals surface area contributed by atoms with Gasteiger partial charge in [-0.2, -0.15) is 0 Å². The Morgan fingerprint density at radius 1 is 1.29 bits per heavy atom. The number of aromatic nitrogens is 2. The molecule has 0 aliphatic carbocycles. The quantitative estimate of drug-likeness (QED) is 0.556. The molecular weight excluding hydrogens is 369 g/mol. The van der Waals surface area contributed by atoms with Crippen LogP contribution in [-0.2, 0) is 4.74 Å². The van der Waals surface area contributed by atoms with E-state index in [4.69, 9.17) is 27.9 Å². The molecule has 0 radical (unpaired) electrons. The number of amides is 1. The molecule has 2 rings (SSSR count). The van der Waals surface area contributed by atoms with E-state index in [0.29, 0.717) is 16.4 Å². The molecule has 0 unspecified atom stereocenters. The zero-order chi connectivity index (χ0) is 17.9. The smallest absolute Gasteiger partial charge is 0.412 e. The summed E-state index contributed by atoms with van der Waals surface area (Å²) < 4.78 is 5.30. The van der Waals surface area contributed by atoms with Gasteiger partial charge in [-0.1, -0.05) is 23.7 Å². The van der Waals surface area contributed by atoms with Crippen LogP contribution in [0.1, 0.15) is 20.8 Å². The first-order valence-corrected chi connectivity index (χ1v) is 9.05. The molecule has 0 bridgehead atoms. The van der Waals surface area contributed by atoms with Gasteiger partial charge in [-0.3, -0.25) is 5.32 Å². The number of thioether (sulfide) groups is 1. The van der Waals surface area contributed by atoms with Gasteiger partial charge >= 0.3 is 6.09 Å². The van der Waals surface area contributed by atoms with Gasteiger partial charge in [0.25, 0.3) is 0 Å². The van der Waals surface area contributed by atoms with Crippen LogP contribution in [0.4, 0.5) is 10.5 Å². The fraction of sp³-hybridized carbons (Fsp3) is 0.312. The number of carbonyl (C=O) groups is 1. The molecule has 1 aromatic carbocycles. The Bertz CT molecular complexity index is 763. The summed E-state index contributed by atoms with van der Waals surface area (Å²) >= 11 is 13.5. The molecule has 0 atom stereocenters. The zero-order valence-corrected chi connectivity index (χ0v) is 16.0. The average molecular weight is 386 g/mol. The third-order valence-electron chi connectivity index (χ3n) is 2.82. The molecule has 0 aliphatic rings. The van der Waals surface area contributed by atoms with Crippen molar-refractivity contribution in [1.82, 2.24) is 9.97 Å². The molecule has 0 saturated heterocycles. The Hall–Kier alpha value is -1.50. The largest absolute Gasteiger partial charge is 0.444 e. The monoisotopic (exact) mass is 385 g/mol. The molecule has 5 nitrogen and oxygen atoms in total. The lowest BCUT2D eigenvalue weighted by atomic mass is 10.1. The van der Waals surface area contributed by atoms with Crippen molar-refractivity contribution >= 4 is 46.7 Å². The molecule has 128 valence electrons. The first kappa shape index (κ1) is 18.8. The van der Waals surface area contributed by atoms with Gasteiger partial charge in [0.05, 0.1) is 22.6 Å². The van der Waals surface area contributed by atoms with Crippen molar-refractivity contribution < 1.29 is 9.53 Å². The molecule has 0 spiro atoms. The minimum absolute atomic E-state index is 0.104. The molecule has 1 heterocycles. The summed E-state index contributed by atoms with van der Waals surface area (Å²) in [5.41, 5.74) is 1.30. The maximum atomic E-state index is 12.0. The van der Waals surface area contributed by atoms with Gasteiger partial charge in [0.2, 0.25) is 5.28 Å². The number of carbonyl (C=O) groups excluding carboxylic acids is 1. The Labute approximate surface area is 155 Å². The minimum Gasteiger partial charge on any atom is -0.444 e. The number of halogens is 2. The maximum Gasteiger partial charge on any atom is 0.412 e. The van der Waals surface area contributed by atoms with Crippen LogP contribution in [0.3, 0.4) is 0 Å². The first-order chi connectivity index (χ1) is 11.2. The highest BCUT2D eigenvalue weighted by molar-refractivity contribution is 7.98. The Morgan fingerprint density at radius 3 is 2.62 bits per heavy atom. The van der Waals surface area contributed by atoms with E-state index in [-0.39, 0.29) is 5.28 Å². The van der Waals surface area contributed by atoms with E-state index in [1.165, 1.54) is 18.0 Å². The highest BCUT2D eigenvalue weighted by atomic mass is 35.5. The summed E-state index contributed by atoms with van der Waals surface area (Å²) in [5, 5.41) is 3.24. The van der Waals surface area contributed by atoms with Crippen molar-refractivity contribution in [3.63, 3.8) is 0 Å². The van der Waals surface area contributed by atoms with E-state index >= 15 is 0 Å². The van der Waals surface area contributed by atoms with Crippen LogP contribution in [0, 0.1) is 0 Å². The van der Waals surface area contributed by atoms with Crippen LogP contribution in [0.15, 0.2) is 29.3 Å². The van der Waals surface area contributed by atoms with Gasteiger partial charge in [0.1, 0.15) is 5.60 Å². The van der Waals surface area contributed by atoms with Gasteiger partial charge in [-0.05, 0) is 44.7 Å². The molecule has 1 N–H and O–H groups in total. The normalized spacial score (nSPS) is 11.2. The van der Waals surface area contributed by atoms with Gasteiger partial charge in [-0.25, -0.2) is 14.8 Å². The second-order valence-electron chi connectivity index (χ2n) is 5.85. The SMILES string of the molecule is CSc1c(NC(=O)OC(C)(C)C)cccc1-c1nc(Cl)ncc1Cl. The van der Waals surface area contributed by atoms with Crippen molar-refractivity contribution in [1.29, 1.82) is 0 Å². The molecule has 0 fully saturated rings. The number of nitrogens with one attached hydrogen (secondary N) is 1. The number of rotatable bonds is 3. The van der Waals surface area contributed by atoms with E-state index < -0.39 is 11.7 Å². The van der Waals surface area contributed by atoms with Crippen molar-refractivity contribution in [2.45, 2.75) is 31.3 Å². The van der Waals surface area contributed by atoms with Crippen LogP contribution in [0.25, 0.3) is 11.3 Å². The Kier molecular flexibility index (Phi) is 5.96. The maximum absolute atomic E-state index is 12.0. The molecule has 2 aromatic rings. The molecule has 0 aliphatic heterocycles. The Balaban J connectivity index is 2.42. The Morgan fingerprint density at radius 2 is 2.00 bits per heavy atom. The summed E-state index contributed by atoms with van der Waals surface area (Å²) in [6.45, 7) is 5.42. The summed E-state index contributed by atoms with van der Waals surface area (Å²) in [6.07, 6.45) is 2.82. The first-order valence-electron chi connectivity index (χ1n) is 7.06. The number of benzene rings is 1. The molecule has 1 amide bonds. The average Bonchev–Trinajstić information content (AvgIpc) is 2.47. The van der Waals surface area contributed by atoms with E-state index in [0.717, 1.165) is 10.5 Å². The van der Waals surface area contributed by atoms with E-state index in [1.807, 2.05) is 12.3 Å². The molecule has 24 heavy (non-hydrogen) atoms. The predicted molar refractivity (Wildman–Crippen MR) is 99.1 cm³/mol. The van der Waals surface area contributed by atoms with Crippen molar-refractivity contribution in [2.24, 2.45) is 0 Å². The van der Waals surface area contributed by atoms with Crippen LogP contribution in [0.5, 0.6) is 0 Å². The lowest BCUT2D eigenvalue weighted by Gasteiger charge is -2.21. The highest BCUT2D eigenvalue weighted by Crippen LogP contribution is 2.38. The summed E-state index contributed by atoms with van der Waals surface area (Å²) in [4.78, 5) is 20.9. The van der Waals surface area contributed by atoms with Gasteiger partial charge < -0.3 is 4.74 Å². The summed E-state index contributed by atoms with van der Waals surface area (Å²) in [5.74, 6) is 0. The summed E-state index contributed by atoms with van der Waals surface area (Å²) in [6, 6.07) is 5.45. The molecule has 0 saturated carbocycles. The lowest BCUT2D eigenvalue weighted by Crippen LogP contribution is -2.27. The number of hydrogen-bond donors (Lipinski definition) is 1. The van der Waals surface area contributed by atoms with Crippen LogP contribution in [-0.4, -0.2) is 27.9 Å². The molecule has 8 heteroatoms. The van der Waals surface area contributed by atoms with Crippen LogP contribution in [0.2, 0.25) is 10.3 Å². The topological polar surface area (TPSA) is 64.1 Å². The van der Waals surface area contributed by atoms with Crippen molar-refractivity contribution in [3.05, 3.63) is 34.7 Å². The fourth-order valence-electron chi connectivity index (χ4n) is 1.99. The van der Waals surface area contributed by atoms with E-state index in [1.54, 1.807) is 32.9 Å². The van der Waals surface area contributed by atoms with Gasteiger partial charge in [0.15, 0.2) is 0 Å². The molecule has 1 aromatic heterocycles. The van der Waals surface area contributed by atoms with E-state index in [9.17, 15) is 4.79 Å². The lowest BCUT2D eigenvalue weighted by molar-refractivity contribution is 0.0635. The second-order valence-corrected chi connectivity index (χ2v) is 7.41. The van der Waals surface area contributed by atoms with Gasteiger partial charge in [-0.15, -0.1) is 11.8 Å². The zero-order valence-electron chi connectivity index (χ0n) is 13.7. The minimum atomic E-state index is -0.579. The van der Waals surface area contributed by atoms with E-state index in [2.05, 4.69) is 15.3 Å². The number of anilines is 1. The fourth-order valence-corrected chi connectivity index (χ4v) is 3.04. The highest BCUT2D eigenvalue weighted by Gasteiger charge is 2.19. The van der Waals surface area contributed by atoms with Crippen molar-refractivity contribution in [3.8, 4) is 11.3 Å². The second kappa shape index (κ2) is 7.59. The van der Waals surface area contributed by atoms with Crippen molar-refractivity contribution in [2.75, 3.05) is 11.6 Å². The summed E-state index contributed by atoms with van der Waals surface area (Å²) in [7, 11) is 0. The standard InChI is InChI=1S/C16H17Cl2N3O2S/c1-16(2,3)23-15(22)20-11-7-5-6-9(13(11)24-4)12-10(17)8-19-14(18)21-12/h5-8H,1-4H3,(H,20,22). The molecular formula is C16H17Cl2N3O2S. The van der Waals surface area contributed by atoms with Crippen LogP contribution >= 0.6 is 35.0 Å². The van der Waals surface area contributed by atoms with Gasteiger partial charge in [0, 0.05) is 10.5 Å². The van der Waals surface area contributed by atoms with Crippen LogP contribution < -0.4 is 5.32 Å². The number of hydrogen-bond acceptors (Lipinski definition) is 5. The third kappa shape index (κ3) is 4.75.